The van der Waals surface area contributed by atoms with Crippen molar-refractivity contribution in [2.24, 2.45) is 0 Å². The molecule has 1 aliphatic rings. The van der Waals surface area contributed by atoms with Gasteiger partial charge in [-0.15, -0.1) is 0 Å². The minimum Gasteiger partial charge on any atom is -0.371 e. The zero-order valence-electron chi connectivity index (χ0n) is 17.9. The molecule has 1 fully saturated rings. The molecule has 0 bridgehead atoms. The van der Waals surface area contributed by atoms with E-state index >= 15 is 0 Å². The number of aromatic nitrogens is 4. The molecule has 0 aliphatic carbocycles. The molecule has 0 spiro atoms. The van der Waals surface area contributed by atoms with Crippen LogP contribution in [0.2, 0.25) is 0 Å². The Labute approximate surface area is 182 Å². The molecule has 1 aliphatic heterocycles. The molecule has 5 heteroatoms. The second-order valence-electron chi connectivity index (χ2n) is 8.10. The van der Waals surface area contributed by atoms with Crippen LogP contribution in [-0.2, 0) is 0 Å². The molecule has 5 nitrogen and oxygen atoms in total. The van der Waals surface area contributed by atoms with Gasteiger partial charge in [-0.05, 0) is 62.6 Å². The molecule has 1 saturated heterocycles. The first-order chi connectivity index (χ1) is 15.2. The summed E-state index contributed by atoms with van der Waals surface area (Å²) < 4.78 is 0. The van der Waals surface area contributed by atoms with Crippen LogP contribution in [0.5, 0.6) is 0 Å². The SMILES string of the molecule is C=C/C=C(\c1cc(-c2n[nH]c3ccc(-c4ccccn4)cc23)[nH]c1C)N1CCCCC1. The highest BCUT2D eigenvalue weighted by Gasteiger charge is 2.20. The quantitative estimate of drug-likeness (QED) is 0.401. The number of hydrogen-bond acceptors (Lipinski definition) is 3. The van der Waals surface area contributed by atoms with Crippen molar-refractivity contribution in [2.75, 3.05) is 13.1 Å². The summed E-state index contributed by atoms with van der Waals surface area (Å²) in [5, 5.41) is 8.91. The van der Waals surface area contributed by atoms with Crippen molar-refractivity contribution in [3.63, 3.8) is 0 Å². The molecule has 0 amide bonds. The van der Waals surface area contributed by atoms with Gasteiger partial charge in [-0.2, -0.15) is 5.10 Å². The van der Waals surface area contributed by atoms with Gasteiger partial charge in [-0.1, -0.05) is 24.8 Å². The third-order valence-electron chi connectivity index (χ3n) is 6.04. The molecule has 156 valence electrons. The lowest BCUT2D eigenvalue weighted by molar-refractivity contribution is 0.326. The third kappa shape index (κ3) is 3.67. The van der Waals surface area contributed by atoms with Crippen LogP contribution in [0.3, 0.4) is 0 Å². The van der Waals surface area contributed by atoms with Gasteiger partial charge in [0.05, 0.1) is 16.9 Å². The van der Waals surface area contributed by atoms with E-state index in [1.165, 1.54) is 30.5 Å². The first kappa shape index (κ1) is 19.4. The number of likely N-dealkylation sites (tertiary alicyclic amines) is 1. The minimum atomic E-state index is 0.929. The van der Waals surface area contributed by atoms with E-state index in [1.807, 2.05) is 30.5 Å². The average Bonchev–Trinajstić information content (AvgIpc) is 3.41. The molecule has 0 saturated carbocycles. The van der Waals surface area contributed by atoms with E-state index in [4.69, 9.17) is 0 Å². The van der Waals surface area contributed by atoms with Crippen LogP contribution in [0.4, 0.5) is 0 Å². The molecule has 0 atom stereocenters. The summed E-state index contributed by atoms with van der Waals surface area (Å²) in [7, 11) is 0. The summed E-state index contributed by atoms with van der Waals surface area (Å²) in [6.45, 7) is 8.27. The molecule has 1 aromatic carbocycles. The van der Waals surface area contributed by atoms with Gasteiger partial charge in [0.15, 0.2) is 0 Å². The zero-order valence-corrected chi connectivity index (χ0v) is 17.9. The average molecular weight is 410 g/mol. The summed E-state index contributed by atoms with van der Waals surface area (Å²) in [5.41, 5.74) is 8.60. The lowest BCUT2D eigenvalue weighted by Gasteiger charge is -2.31. The van der Waals surface area contributed by atoms with Crippen LogP contribution in [0, 0.1) is 6.92 Å². The van der Waals surface area contributed by atoms with E-state index in [1.54, 1.807) is 0 Å². The van der Waals surface area contributed by atoms with Crippen LogP contribution in [0.15, 0.2) is 67.4 Å². The summed E-state index contributed by atoms with van der Waals surface area (Å²) in [5.74, 6) is 0. The minimum absolute atomic E-state index is 0.929. The Morgan fingerprint density at radius 3 is 2.74 bits per heavy atom. The van der Waals surface area contributed by atoms with Gasteiger partial charge in [0.1, 0.15) is 5.69 Å². The van der Waals surface area contributed by atoms with Crippen LogP contribution in [0.25, 0.3) is 39.2 Å². The van der Waals surface area contributed by atoms with Gasteiger partial charge >= 0.3 is 0 Å². The van der Waals surface area contributed by atoms with Crippen molar-refractivity contribution in [3.05, 3.63) is 78.6 Å². The number of H-pyrrole nitrogens is 2. The maximum absolute atomic E-state index is 4.64. The van der Waals surface area contributed by atoms with E-state index in [0.29, 0.717) is 0 Å². The molecule has 0 unspecified atom stereocenters. The van der Waals surface area contributed by atoms with E-state index in [0.717, 1.165) is 52.3 Å². The number of benzene rings is 1. The van der Waals surface area contributed by atoms with Gasteiger partial charge in [0.2, 0.25) is 0 Å². The van der Waals surface area contributed by atoms with E-state index in [2.05, 4.69) is 68.9 Å². The molecular weight excluding hydrogens is 382 g/mol. The second kappa shape index (κ2) is 8.26. The number of aromatic amines is 2. The van der Waals surface area contributed by atoms with Crippen LogP contribution in [-0.4, -0.2) is 38.2 Å². The second-order valence-corrected chi connectivity index (χ2v) is 8.10. The maximum atomic E-state index is 4.64. The number of rotatable bonds is 5. The number of allylic oxidation sites excluding steroid dienone is 2. The molecule has 31 heavy (non-hydrogen) atoms. The first-order valence-electron chi connectivity index (χ1n) is 10.9. The largest absolute Gasteiger partial charge is 0.371 e. The van der Waals surface area contributed by atoms with Crippen LogP contribution >= 0.6 is 0 Å². The van der Waals surface area contributed by atoms with Gasteiger partial charge in [-0.25, -0.2) is 0 Å². The molecule has 0 radical (unpaired) electrons. The highest BCUT2D eigenvalue weighted by atomic mass is 15.1. The first-order valence-corrected chi connectivity index (χ1v) is 10.9. The fourth-order valence-electron chi connectivity index (χ4n) is 4.48. The summed E-state index contributed by atoms with van der Waals surface area (Å²) in [6, 6.07) is 14.5. The van der Waals surface area contributed by atoms with E-state index in [9.17, 15) is 0 Å². The number of fused-ring (bicyclic) bond motifs is 1. The predicted octanol–water partition coefficient (Wildman–Crippen LogP) is 5.94. The smallest absolute Gasteiger partial charge is 0.116 e. The van der Waals surface area contributed by atoms with Gasteiger partial charge in [0.25, 0.3) is 0 Å². The van der Waals surface area contributed by atoms with Crippen molar-refractivity contribution in [3.8, 4) is 22.6 Å². The number of nitrogens with zero attached hydrogens (tertiary/aromatic N) is 3. The molecule has 4 heterocycles. The van der Waals surface area contributed by atoms with Gasteiger partial charge in [0, 0.05) is 47.2 Å². The van der Waals surface area contributed by atoms with Crippen LogP contribution < -0.4 is 0 Å². The van der Waals surface area contributed by atoms with Crippen molar-refractivity contribution in [1.82, 2.24) is 25.1 Å². The standard InChI is InChI=1S/C26H27N5/c1-3-9-25(31-14-7-4-8-15-31)20-17-24(28-18(20)2)26-21-16-19(11-12-23(21)29-30-26)22-10-5-6-13-27-22/h3,5-6,9-13,16-17,28H,1,4,7-8,14-15H2,2H3,(H,29,30)/b25-9+. The van der Waals surface area contributed by atoms with Crippen molar-refractivity contribution in [1.29, 1.82) is 0 Å². The topological polar surface area (TPSA) is 60.6 Å². The van der Waals surface area contributed by atoms with Crippen molar-refractivity contribution in [2.45, 2.75) is 26.2 Å². The Hall–Kier alpha value is -3.60. The summed E-state index contributed by atoms with van der Waals surface area (Å²) >= 11 is 0. The highest BCUT2D eigenvalue weighted by Crippen LogP contribution is 2.33. The number of hydrogen-bond donors (Lipinski definition) is 2. The van der Waals surface area contributed by atoms with Gasteiger partial charge in [-0.3, -0.25) is 10.1 Å². The van der Waals surface area contributed by atoms with Gasteiger partial charge < -0.3 is 9.88 Å². The van der Waals surface area contributed by atoms with Crippen molar-refractivity contribution < 1.29 is 0 Å². The summed E-state index contributed by atoms with van der Waals surface area (Å²) in [6.07, 6.45) is 9.64. The number of aryl methyl sites for hydroxylation is 1. The Bertz CT molecular complexity index is 1240. The number of pyridine rings is 1. The highest BCUT2D eigenvalue weighted by molar-refractivity contribution is 5.95. The Kier molecular flexibility index (Phi) is 5.16. The lowest BCUT2D eigenvalue weighted by atomic mass is 10.0. The third-order valence-corrected chi connectivity index (χ3v) is 6.04. The molecule has 5 rings (SSSR count). The Morgan fingerprint density at radius 2 is 1.97 bits per heavy atom. The normalized spacial score (nSPS) is 14.9. The fraction of sp³-hybridized carbons (Fsp3) is 0.231. The molecule has 2 N–H and O–H groups in total. The molecule has 3 aromatic heterocycles. The number of nitrogens with one attached hydrogen (secondary N) is 2. The monoisotopic (exact) mass is 409 g/mol. The Morgan fingerprint density at radius 1 is 1.10 bits per heavy atom. The number of piperidine rings is 1. The molecular formula is C26H27N5. The van der Waals surface area contributed by atoms with E-state index < -0.39 is 0 Å². The maximum Gasteiger partial charge on any atom is 0.116 e. The van der Waals surface area contributed by atoms with E-state index in [-0.39, 0.29) is 0 Å². The van der Waals surface area contributed by atoms with Crippen molar-refractivity contribution >= 4 is 16.6 Å². The van der Waals surface area contributed by atoms with Crippen LogP contribution in [0.1, 0.15) is 30.5 Å². The Balaban J connectivity index is 1.56. The zero-order chi connectivity index (χ0) is 21.2. The molecule has 4 aromatic rings. The fourth-order valence-corrected chi connectivity index (χ4v) is 4.48. The lowest BCUT2D eigenvalue weighted by Crippen LogP contribution is -2.28. The predicted molar refractivity (Wildman–Crippen MR) is 127 cm³/mol. The summed E-state index contributed by atoms with van der Waals surface area (Å²) in [4.78, 5) is 10.6.